The fourth-order valence-corrected chi connectivity index (χ4v) is 13.9. The molecule has 0 unspecified atom stereocenters. The first-order valence-electron chi connectivity index (χ1n) is 19.4. The van der Waals surface area contributed by atoms with Crippen LogP contribution < -0.4 is 20.7 Å². The second-order valence-electron chi connectivity index (χ2n) is 14.6. The van der Waals surface area contributed by atoms with E-state index in [-0.39, 0.29) is 0 Å². The van der Waals surface area contributed by atoms with Crippen LogP contribution in [0.5, 0.6) is 0 Å². The summed E-state index contributed by atoms with van der Waals surface area (Å²) in [6, 6.07) is 78.9. The zero-order valence-corrected chi connectivity index (χ0v) is 32.1. The molecule has 0 radical (unpaired) electrons. The van der Waals surface area contributed by atoms with E-state index in [0.29, 0.717) is 5.95 Å². The number of para-hydroxylation sites is 4. The number of benzene rings is 8. The highest BCUT2D eigenvalue weighted by Crippen LogP contribution is 2.35. The quantitative estimate of drug-likeness (QED) is 0.120. The third-order valence-corrected chi connectivity index (χ3v) is 16.3. The number of hydrogen-bond acceptors (Lipinski definition) is 2. The van der Waals surface area contributed by atoms with Crippen molar-refractivity contribution in [1.29, 1.82) is 0 Å². The van der Waals surface area contributed by atoms with Crippen molar-refractivity contribution in [1.82, 2.24) is 19.1 Å². The molecule has 0 atom stereocenters. The van der Waals surface area contributed by atoms with Gasteiger partial charge in [0.2, 0.25) is 5.95 Å². The van der Waals surface area contributed by atoms with Crippen molar-refractivity contribution in [3.05, 3.63) is 218 Å². The monoisotopic (exact) mass is 744 g/mol. The lowest BCUT2D eigenvalue weighted by Crippen LogP contribution is -2.74. The first kappa shape index (κ1) is 33.0. The molecule has 4 nitrogen and oxygen atoms in total. The summed E-state index contributed by atoms with van der Waals surface area (Å²) in [6.45, 7) is 0. The zero-order valence-electron chi connectivity index (χ0n) is 31.1. The number of rotatable bonds is 7. The summed E-state index contributed by atoms with van der Waals surface area (Å²) in [5.41, 5.74) is 6.25. The van der Waals surface area contributed by atoms with E-state index in [1.807, 2.05) is 0 Å². The Morgan fingerprint density at radius 1 is 0.316 bits per heavy atom. The maximum atomic E-state index is 5.51. The number of nitrogens with zero attached hydrogens (tertiary/aromatic N) is 4. The molecule has 57 heavy (non-hydrogen) atoms. The van der Waals surface area contributed by atoms with Crippen molar-refractivity contribution >= 4 is 72.4 Å². The van der Waals surface area contributed by atoms with E-state index >= 15 is 0 Å². The topological polar surface area (TPSA) is 35.6 Å². The van der Waals surface area contributed by atoms with Crippen LogP contribution in [0, 0.1) is 0 Å². The molecule has 268 valence electrons. The fourth-order valence-electron chi connectivity index (χ4n) is 9.07. The number of fused-ring (bicyclic) bond motifs is 6. The minimum Gasteiger partial charge on any atom is -0.294 e. The molecule has 0 amide bonds. The molecule has 11 rings (SSSR count). The van der Waals surface area contributed by atoms with Crippen LogP contribution in [0.25, 0.3) is 66.6 Å². The molecule has 0 fully saturated rings. The molecule has 0 aliphatic rings. The van der Waals surface area contributed by atoms with Gasteiger partial charge in [-0.05, 0) is 45.0 Å². The van der Waals surface area contributed by atoms with Gasteiger partial charge >= 0.3 is 0 Å². The minimum atomic E-state index is -2.80. The summed E-state index contributed by atoms with van der Waals surface area (Å²) in [6.07, 6.45) is 0. The van der Waals surface area contributed by atoms with Crippen LogP contribution in [0.1, 0.15) is 0 Å². The lowest BCUT2D eigenvalue weighted by atomic mass is 10.1. The molecule has 5 heteroatoms. The van der Waals surface area contributed by atoms with Gasteiger partial charge in [0.1, 0.15) is 5.82 Å². The molecule has 0 aliphatic heterocycles. The first-order valence-corrected chi connectivity index (χ1v) is 21.4. The van der Waals surface area contributed by atoms with Gasteiger partial charge < -0.3 is 0 Å². The van der Waals surface area contributed by atoms with E-state index in [0.717, 1.165) is 39.1 Å². The maximum Gasteiger partial charge on any atom is 0.237 e. The third kappa shape index (κ3) is 5.20. The average molecular weight is 745 g/mol. The number of aromatic nitrogens is 4. The standard InChI is InChI=1S/C52H36N4Si/c1-4-20-38(21-5-1)57(39-22-6-2-7-23-39,40-24-8-3-9-25-40)41-26-18-19-37(35-41)46-36-51(55-47-31-14-10-27-42(47)43-28-11-15-32-48(43)55)54-52(53-46)56-49-33-16-12-29-44(49)45-30-13-17-34-50(45)56/h1-36H. The molecule has 0 N–H and O–H groups in total. The van der Waals surface area contributed by atoms with Crippen molar-refractivity contribution in [2.24, 2.45) is 0 Å². The zero-order chi connectivity index (χ0) is 37.8. The van der Waals surface area contributed by atoms with Crippen LogP contribution in [0.15, 0.2) is 218 Å². The highest BCUT2D eigenvalue weighted by molar-refractivity contribution is 7.19. The lowest BCUT2D eigenvalue weighted by Gasteiger charge is -2.34. The van der Waals surface area contributed by atoms with Crippen molar-refractivity contribution < 1.29 is 0 Å². The van der Waals surface area contributed by atoms with E-state index in [1.54, 1.807) is 0 Å². The molecule has 3 aromatic heterocycles. The van der Waals surface area contributed by atoms with Crippen LogP contribution in [0.2, 0.25) is 0 Å². The first-order chi connectivity index (χ1) is 28.3. The Hall–Kier alpha value is -7.34. The van der Waals surface area contributed by atoms with Gasteiger partial charge in [-0.25, -0.2) is 4.98 Å². The van der Waals surface area contributed by atoms with Gasteiger partial charge in [0.15, 0.2) is 8.07 Å². The Labute approximate surface area is 331 Å². The van der Waals surface area contributed by atoms with Crippen LogP contribution in [-0.4, -0.2) is 27.2 Å². The molecule has 0 spiro atoms. The summed E-state index contributed by atoms with van der Waals surface area (Å²) in [5, 5.41) is 10.0. The molecule has 0 bridgehead atoms. The molecule has 0 saturated carbocycles. The van der Waals surface area contributed by atoms with E-state index in [4.69, 9.17) is 9.97 Å². The van der Waals surface area contributed by atoms with Crippen LogP contribution in [0.4, 0.5) is 0 Å². The third-order valence-electron chi connectivity index (χ3n) is 11.5. The SMILES string of the molecule is c1ccc([Si](c2ccccc2)(c2ccccc2)c2cccc(-c3cc(-n4c5ccccc5c5ccccc54)nc(-n4c5ccccc5c5ccccc54)n3)c2)cc1. The van der Waals surface area contributed by atoms with Gasteiger partial charge in [0.05, 0.1) is 27.8 Å². The van der Waals surface area contributed by atoms with Gasteiger partial charge in [-0.3, -0.25) is 9.13 Å². The summed E-state index contributed by atoms with van der Waals surface area (Å²) in [7, 11) is -2.80. The van der Waals surface area contributed by atoms with Gasteiger partial charge in [0, 0.05) is 33.2 Å². The summed E-state index contributed by atoms with van der Waals surface area (Å²) >= 11 is 0. The second-order valence-corrected chi connectivity index (χ2v) is 18.4. The van der Waals surface area contributed by atoms with Crippen LogP contribution >= 0.6 is 0 Å². The summed E-state index contributed by atoms with van der Waals surface area (Å²) in [4.78, 5) is 11.0. The van der Waals surface area contributed by atoms with Crippen molar-refractivity contribution in [2.45, 2.75) is 0 Å². The van der Waals surface area contributed by atoms with Gasteiger partial charge in [-0.2, -0.15) is 4.98 Å². The number of hydrogen-bond donors (Lipinski definition) is 0. The molecule has 11 aromatic rings. The molecule has 3 heterocycles. The Bertz CT molecular complexity index is 2910. The normalized spacial score (nSPS) is 11.9. The highest BCUT2D eigenvalue weighted by Gasteiger charge is 2.41. The van der Waals surface area contributed by atoms with E-state index in [1.165, 1.54) is 42.3 Å². The smallest absolute Gasteiger partial charge is 0.237 e. The Kier molecular flexibility index (Phi) is 7.79. The van der Waals surface area contributed by atoms with Crippen molar-refractivity contribution in [2.75, 3.05) is 0 Å². The van der Waals surface area contributed by atoms with E-state index < -0.39 is 8.07 Å². The molecule has 8 aromatic carbocycles. The Morgan fingerprint density at radius 3 is 1.16 bits per heavy atom. The molecular weight excluding hydrogens is 709 g/mol. The summed E-state index contributed by atoms with van der Waals surface area (Å²) in [5.74, 6) is 1.45. The van der Waals surface area contributed by atoms with Crippen molar-refractivity contribution in [3.8, 4) is 23.0 Å². The Morgan fingerprint density at radius 2 is 0.702 bits per heavy atom. The van der Waals surface area contributed by atoms with Crippen molar-refractivity contribution in [3.63, 3.8) is 0 Å². The fraction of sp³-hybridized carbons (Fsp3) is 0. The largest absolute Gasteiger partial charge is 0.294 e. The van der Waals surface area contributed by atoms with Crippen LogP contribution in [0.3, 0.4) is 0 Å². The lowest BCUT2D eigenvalue weighted by molar-refractivity contribution is 0.952. The predicted molar refractivity (Wildman–Crippen MR) is 240 cm³/mol. The predicted octanol–water partition coefficient (Wildman–Crippen LogP) is 9.72. The van der Waals surface area contributed by atoms with Gasteiger partial charge in [-0.1, -0.05) is 188 Å². The minimum absolute atomic E-state index is 0.629. The highest BCUT2D eigenvalue weighted by atomic mass is 28.3. The summed E-state index contributed by atoms with van der Waals surface area (Å²) < 4.78 is 4.53. The van der Waals surface area contributed by atoms with Gasteiger partial charge in [0.25, 0.3) is 0 Å². The maximum absolute atomic E-state index is 5.51. The second kappa shape index (κ2) is 13.4. The molecule has 0 saturated heterocycles. The van der Waals surface area contributed by atoms with E-state index in [2.05, 4.69) is 228 Å². The van der Waals surface area contributed by atoms with Crippen LogP contribution in [-0.2, 0) is 0 Å². The Balaban J connectivity index is 1.22. The van der Waals surface area contributed by atoms with E-state index in [9.17, 15) is 0 Å². The van der Waals surface area contributed by atoms with Gasteiger partial charge in [-0.15, -0.1) is 0 Å². The molecular formula is C52H36N4Si. The average Bonchev–Trinajstić information content (AvgIpc) is 3.81. The molecule has 0 aliphatic carbocycles.